The van der Waals surface area contributed by atoms with Gasteiger partial charge in [-0.25, -0.2) is 14.5 Å². The van der Waals surface area contributed by atoms with E-state index in [1.54, 1.807) is 19.3 Å². The van der Waals surface area contributed by atoms with Crippen molar-refractivity contribution in [1.29, 1.82) is 0 Å². The van der Waals surface area contributed by atoms with E-state index in [0.717, 1.165) is 5.56 Å². The van der Waals surface area contributed by atoms with Gasteiger partial charge in [-0.1, -0.05) is 6.07 Å². The van der Waals surface area contributed by atoms with Gasteiger partial charge in [-0.2, -0.15) is 5.10 Å². The number of pyridine rings is 1. The third kappa shape index (κ3) is 2.79. The normalized spacial score (nSPS) is 12.2. The van der Waals surface area contributed by atoms with E-state index in [4.69, 9.17) is 10.5 Å². The second kappa shape index (κ2) is 5.62. The molecule has 100 valence electrons. The first-order chi connectivity index (χ1) is 9.13. The summed E-state index contributed by atoms with van der Waals surface area (Å²) in [6, 6.07) is 3.54. The van der Waals surface area contributed by atoms with E-state index >= 15 is 0 Å². The van der Waals surface area contributed by atoms with Crippen molar-refractivity contribution in [2.75, 3.05) is 6.61 Å². The molecular weight excluding hydrogens is 244 g/mol. The SMILES string of the molecule is CCOC(=O)c1cnn(-c2ncccc2[C@H](C)N)c1. The molecule has 6 heteroatoms. The molecule has 0 saturated heterocycles. The van der Waals surface area contributed by atoms with Gasteiger partial charge in [0.1, 0.15) is 0 Å². The van der Waals surface area contributed by atoms with Gasteiger partial charge < -0.3 is 10.5 Å². The Morgan fingerprint density at radius 3 is 3.05 bits per heavy atom. The van der Waals surface area contributed by atoms with Crippen LogP contribution in [0.3, 0.4) is 0 Å². The van der Waals surface area contributed by atoms with Gasteiger partial charge in [0.25, 0.3) is 0 Å². The van der Waals surface area contributed by atoms with Gasteiger partial charge in [-0.3, -0.25) is 0 Å². The summed E-state index contributed by atoms with van der Waals surface area (Å²) in [6.45, 7) is 3.96. The number of hydrogen-bond acceptors (Lipinski definition) is 5. The largest absolute Gasteiger partial charge is 0.462 e. The maximum atomic E-state index is 11.6. The second-order valence-electron chi connectivity index (χ2n) is 4.10. The first-order valence-electron chi connectivity index (χ1n) is 6.06. The summed E-state index contributed by atoms with van der Waals surface area (Å²) < 4.78 is 6.45. The predicted molar refractivity (Wildman–Crippen MR) is 69.9 cm³/mol. The topological polar surface area (TPSA) is 83.0 Å². The molecule has 6 nitrogen and oxygen atoms in total. The molecule has 0 radical (unpaired) electrons. The van der Waals surface area contributed by atoms with Crippen LogP contribution in [0.25, 0.3) is 5.82 Å². The van der Waals surface area contributed by atoms with Crippen molar-refractivity contribution in [3.8, 4) is 5.82 Å². The minimum absolute atomic E-state index is 0.168. The molecular formula is C13H16N4O2. The maximum absolute atomic E-state index is 11.6. The first-order valence-corrected chi connectivity index (χ1v) is 6.06. The Morgan fingerprint density at radius 1 is 1.58 bits per heavy atom. The lowest BCUT2D eigenvalue weighted by atomic mass is 10.1. The van der Waals surface area contributed by atoms with Crippen molar-refractivity contribution < 1.29 is 9.53 Å². The molecule has 0 aliphatic rings. The lowest BCUT2D eigenvalue weighted by Gasteiger charge is -2.10. The van der Waals surface area contributed by atoms with Gasteiger partial charge >= 0.3 is 5.97 Å². The molecule has 0 aromatic carbocycles. The summed E-state index contributed by atoms with van der Waals surface area (Å²) in [4.78, 5) is 15.8. The molecule has 2 N–H and O–H groups in total. The van der Waals surface area contributed by atoms with Gasteiger partial charge in [0, 0.05) is 24.0 Å². The molecule has 0 fully saturated rings. The molecule has 1 atom stereocenters. The minimum atomic E-state index is -0.396. The lowest BCUT2D eigenvalue weighted by molar-refractivity contribution is 0.0526. The Balaban J connectivity index is 2.36. The number of ether oxygens (including phenoxy) is 1. The zero-order valence-electron chi connectivity index (χ0n) is 10.9. The lowest BCUT2D eigenvalue weighted by Crippen LogP contribution is -2.11. The first kappa shape index (κ1) is 13.2. The van der Waals surface area contributed by atoms with E-state index in [-0.39, 0.29) is 6.04 Å². The zero-order chi connectivity index (χ0) is 13.8. The van der Waals surface area contributed by atoms with E-state index in [1.807, 2.05) is 19.1 Å². The molecule has 0 aliphatic carbocycles. The third-order valence-electron chi connectivity index (χ3n) is 2.62. The number of aromatic nitrogens is 3. The van der Waals surface area contributed by atoms with E-state index in [0.29, 0.717) is 18.0 Å². The van der Waals surface area contributed by atoms with Gasteiger partial charge in [0.05, 0.1) is 18.4 Å². The average Bonchev–Trinajstić information content (AvgIpc) is 2.88. The summed E-state index contributed by atoms with van der Waals surface area (Å²) >= 11 is 0. The second-order valence-corrected chi connectivity index (χ2v) is 4.10. The summed E-state index contributed by atoms with van der Waals surface area (Å²) in [5, 5.41) is 4.13. The van der Waals surface area contributed by atoms with E-state index in [9.17, 15) is 4.79 Å². The zero-order valence-corrected chi connectivity index (χ0v) is 10.9. The molecule has 2 rings (SSSR count). The van der Waals surface area contributed by atoms with Crippen LogP contribution in [0.5, 0.6) is 0 Å². The van der Waals surface area contributed by atoms with Crippen LogP contribution in [-0.4, -0.2) is 27.3 Å². The summed E-state index contributed by atoms with van der Waals surface area (Å²) in [5.74, 6) is 0.222. The van der Waals surface area contributed by atoms with Crippen molar-refractivity contribution in [3.63, 3.8) is 0 Å². The van der Waals surface area contributed by atoms with Crippen LogP contribution in [0.2, 0.25) is 0 Å². The Kier molecular flexibility index (Phi) is 3.91. The van der Waals surface area contributed by atoms with Crippen LogP contribution < -0.4 is 5.73 Å². The number of nitrogens with two attached hydrogens (primary N) is 1. The molecule has 2 aromatic heterocycles. The van der Waals surface area contributed by atoms with Crippen molar-refractivity contribution >= 4 is 5.97 Å². The fraction of sp³-hybridized carbons (Fsp3) is 0.308. The van der Waals surface area contributed by atoms with Crippen LogP contribution in [0.4, 0.5) is 0 Å². The Bertz CT molecular complexity index is 578. The molecule has 0 bridgehead atoms. The summed E-state index contributed by atoms with van der Waals surface area (Å²) in [5.41, 5.74) is 7.15. The summed E-state index contributed by atoms with van der Waals surface area (Å²) in [7, 11) is 0. The van der Waals surface area contributed by atoms with Gasteiger partial charge in [0.2, 0.25) is 0 Å². The highest BCUT2D eigenvalue weighted by atomic mass is 16.5. The monoisotopic (exact) mass is 260 g/mol. The molecule has 2 aromatic rings. The molecule has 19 heavy (non-hydrogen) atoms. The molecule has 2 heterocycles. The number of nitrogens with zero attached hydrogens (tertiary/aromatic N) is 3. The van der Waals surface area contributed by atoms with Crippen LogP contribution in [0.15, 0.2) is 30.7 Å². The minimum Gasteiger partial charge on any atom is -0.462 e. The molecule has 0 unspecified atom stereocenters. The Morgan fingerprint density at radius 2 is 2.37 bits per heavy atom. The number of carbonyl (C=O) groups is 1. The number of esters is 1. The number of rotatable bonds is 4. The fourth-order valence-electron chi connectivity index (χ4n) is 1.71. The van der Waals surface area contributed by atoms with Crippen LogP contribution in [0, 0.1) is 0 Å². The van der Waals surface area contributed by atoms with Crippen molar-refractivity contribution in [1.82, 2.24) is 14.8 Å². The van der Waals surface area contributed by atoms with Crippen LogP contribution in [-0.2, 0) is 4.74 Å². The fourth-order valence-corrected chi connectivity index (χ4v) is 1.71. The highest BCUT2D eigenvalue weighted by Crippen LogP contribution is 2.17. The van der Waals surface area contributed by atoms with Crippen molar-refractivity contribution in [2.45, 2.75) is 19.9 Å². The van der Waals surface area contributed by atoms with Crippen molar-refractivity contribution in [2.24, 2.45) is 5.73 Å². The molecule has 0 amide bonds. The molecule has 0 spiro atoms. The van der Waals surface area contributed by atoms with Crippen molar-refractivity contribution in [3.05, 3.63) is 41.9 Å². The highest BCUT2D eigenvalue weighted by Gasteiger charge is 2.14. The van der Waals surface area contributed by atoms with Crippen LogP contribution in [0.1, 0.15) is 35.8 Å². The van der Waals surface area contributed by atoms with E-state index < -0.39 is 5.97 Å². The van der Waals surface area contributed by atoms with E-state index in [1.165, 1.54) is 10.9 Å². The summed E-state index contributed by atoms with van der Waals surface area (Å²) in [6.07, 6.45) is 4.71. The van der Waals surface area contributed by atoms with Gasteiger partial charge in [-0.15, -0.1) is 0 Å². The van der Waals surface area contributed by atoms with E-state index in [2.05, 4.69) is 10.1 Å². The standard InChI is InChI=1S/C13H16N4O2/c1-3-19-13(18)10-7-16-17(8-10)12-11(9(2)14)5-4-6-15-12/h4-9H,3,14H2,1-2H3/t9-/m0/s1. The average molecular weight is 260 g/mol. The van der Waals surface area contributed by atoms with Gasteiger partial charge in [-0.05, 0) is 19.9 Å². The Hall–Kier alpha value is -2.21. The quantitative estimate of drug-likeness (QED) is 0.841. The predicted octanol–water partition coefficient (Wildman–Crippen LogP) is 1.46. The number of hydrogen-bond donors (Lipinski definition) is 1. The number of carbonyl (C=O) groups excluding carboxylic acids is 1. The Labute approximate surface area is 111 Å². The molecule has 0 aliphatic heterocycles. The smallest absolute Gasteiger partial charge is 0.341 e. The third-order valence-corrected chi connectivity index (χ3v) is 2.62. The maximum Gasteiger partial charge on any atom is 0.341 e. The van der Waals surface area contributed by atoms with Gasteiger partial charge in [0.15, 0.2) is 5.82 Å². The molecule has 0 saturated carbocycles. The highest BCUT2D eigenvalue weighted by molar-refractivity contribution is 5.88. The van der Waals surface area contributed by atoms with Crippen LogP contribution >= 0.6 is 0 Å².